The van der Waals surface area contributed by atoms with Crippen LogP contribution in [0.15, 0.2) is 67.3 Å². The second-order valence-electron chi connectivity index (χ2n) is 9.10. The lowest BCUT2D eigenvalue weighted by Gasteiger charge is -2.37. The lowest BCUT2D eigenvalue weighted by atomic mass is 10.0. The molecule has 5 heterocycles. The van der Waals surface area contributed by atoms with Crippen LogP contribution in [-0.4, -0.2) is 49.3 Å². The zero-order valence-electron chi connectivity index (χ0n) is 19.9. The Hall–Kier alpha value is -4.56. The number of hydrogen-bond donors (Lipinski definition) is 3. The molecule has 6 rings (SSSR count). The molecule has 4 aromatic heterocycles. The van der Waals surface area contributed by atoms with Crippen LogP contribution in [0.1, 0.15) is 12.6 Å². The fraction of sp³-hybridized carbons (Fsp3) is 0.143. The Morgan fingerprint density at radius 3 is 2.83 bits per heavy atom. The maximum absolute atomic E-state index is 5.90. The number of aromatic amines is 2. The normalized spacial score (nSPS) is 15.0. The molecule has 5 aromatic rings. The molecular weight excluding hydrogens is 448 g/mol. The van der Waals surface area contributed by atoms with E-state index in [1.807, 2.05) is 37.4 Å². The number of nitrogens with zero attached hydrogens (tertiary/aromatic N) is 5. The number of aromatic nitrogens is 6. The molecule has 1 aliphatic rings. The molecule has 8 heteroatoms. The number of pyridine rings is 1. The summed E-state index contributed by atoms with van der Waals surface area (Å²) >= 11 is 0. The van der Waals surface area contributed by atoms with Gasteiger partial charge in [-0.05, 0) is 42.3 Å². The Balaban J connectivity index is 1.31. The van der Waals surface area contributed by atoms with Crippen LogP contribution in [0.5, 0.6) is 0 Å². The topological polar surface area (TPSA) is 112 Å². The first-order chi connectivity index (χ1) is 17.6. The second kappa shape index (κ2) is 8.90. The molecule has 1 saturated heterocycles. The smallest absolute Gasteiger partial charge is 0.147 e. The van der Waals surface area contributed by atoms with Crippen LogP contribution in [0.4, 0.5) is 5.82 Å². The van der Waals surface area contributed by atoms with E-state index in [0.29, 0.717) is 0 Å². The number of H-pyrrole nitrogens is 2. The van der Waals surface area contributed by atoms with E-state index in [2.05, 4.69) is 60.9 Å². The third kappa shape index (κ3) is 3.97. The Morgan fingerprint density at radius 2 is 2.03 bits per heavy atom. The summed E-state index contributed by atoms with van der Waals surface area (Å²) in [5.41, 5.74) is 12.7. The molecule has 0 saturated carbocycles. The Morgan fingerprint density at radius 1 is 1.14 bits per heavy atom. The second-order valence-corrected chi connectivity index (χ2v) is 9.10. The predicted octanol–water partition coefficient (Wildman–Crippen LogP) is 2.85. The van der Waals surface area contributed by atoms with Gasteiger partial charge >= 0.3 is 0 Å². The van der Waals surface area contributed by atoms with Gasteiger partial charge < -0.3 is 15.6 Å². The summed E-state index contributed by atoms with van der Waals surface area (Å²) in [7, 11) is 0. The maximum atomic E-state index is 5.90. The average Bonchev–Trinajstić information content (AvgIpc) is 3.49. The van der Waals surface area contributed by atoms with E-state index in [9.17, 15) is 0 Å². The van der Waals surface area contributed by atoms with Gasteiger partial charge in [0.25, 0.3) is 0 Å². The molecule has 0 unspecified atom stereocenters. The summed E-state index contributed by atoms with van der Waals surface area (Å²) in [6.45, 7) is 7.93. The minimum atomic E-state index is 0.213. The molecule has 1 aliphatic heterocycles. The van der Waals surface area contributed by atoms with Gasteiger partial charge in [0, 0.05) is 53.2 Å². The number of benzene rings is 1. The zero-order chi connectivity index (χ0) is 24.6. The van der Waals surface area contributed by atoms with Crippen molar-refractivity contribution in [1.29, 1.82) is 0 Å². The van der Waals surface area contributed by atoms with Gasteiger partial charge in [-0.2, -0.15) is 5.10 Å². The van der Waals surface area contributed by atoms with Crippen LogP contribution >= 0.6 is 0 Å². The van der Waals surface area contributed by atoms with Crippen molar-refractivity contribution in [2.45, 2.75) is 13.0 Å². The number of hydrogen-bond acceptors (Lipinski definition) is 6. The molecule has 0 atom stereocenters. The Kier molecular flexibility index (Phi) is 5.42. The van der Waals surface area contributed by atoms with E-state index in [-0.39, 0.29) is 6.04 Å². The molecule has 1 fully saturated rings. The molecule has 1 aromatic carbocycles. The molecular formula is C28H26N8. The van der Waals surface area contributed by atoms with E-state index < -0.39 is 0 Å². The quantitative estimate of drug-likeness (QED) is 0.361. The van der Waals surface area contributed by atoms with Crippen molar-refractivity contribution >= 4 is 34.9 Å². The van der Waals surface area contributed by atoms with Crippen molar-refractivity contribution in [1.82, 2.24) is 30.1 Å². The maximum Gasteiger partial charge on any atom is 0.147 e. The highest BCUT2D eigenvalue weighted by Crippen LogP contribution is 2.30. The summed E-state index contributed by atoms with van der Waals surface area (Å²) in [6.07, 6.45) is 11.2. The monoisotopic (exact) mass is 474 g/mol. The third-order valence-corrected chi connectivity index (χ3v) is 6.55. The van der Waals surface area contributed by atoms with Crippen molar-refractivity contribution in [2.24, 2.45) is 5.73 Å². The lowest BCUT2D eigenvalue weighted by molar-refractivity contribution is 0.513. The summed E-state index contributed by atoms with van der Waals surface area (Å²) in [5.74, 6) is 0.855. The van der Waals surface area contributed by atoms with E-state index >= 15 is 0 Å². The number of fused-ring (bicyclic) bond motifs is 1. The molecule has 36 heavy (non-hydrogen) atoms. The van der Waals surface area contributed by atoms with Crippen molar-refractivity contribution in [3.8, 4) is 22.5 Å². The summed E-state index contributed by atoms with van der Waals surface area (Å²) in [4.78, 5) is 19.0. The van der Waals surface area contributed by atoms with E-state index in [0.717, 1.165) is 74.2 Å². The molecule has 8 nitrogen and oxygen atoms in total. The minimum Gasteiger partial charge on any atom is -0.353 e. The van der Waals surface area contributed by atoms with E-state index in [1.165, 1.54) is 0 Å². The zero-order valence-corrected chi connectivity index (χ0v) is 19.9. The predicted molar refractivity (Wildman–Crippen MR) is 144 cm³/mol. The SMILES string of the molecule is C=c1c(-c2cc3c(-c4cccnc4)cccc3[nH]2)n[nH]/c1=C/C=C(\C)c1cncc(N2CC(N)C2)n1. The van der Waals surface area contributed by atoms with E-state index in [1.54, 1.807) is 18.6 Å². The summed E-state index contributed by atoms with van der Waals surface area (Å²) in [6, 6.07) is 12.6. The Labute approximate surface area is 207 Å². The average molecular weight is 475 g/mol. The van der Waals surface area contributed by atoms with Gasteiger partial charge in [-0.3, -0.25) is 15.1 Å². The standard InChI is InChI=1S/C28H26N8/c1-17(26-13-31-14-27(33-26)36-15-20(29)16-36)8-9-23-18(2)28(35-34-23)25-11-22-21(6-3-7-24(22)32-25)19-5-4-10-30-12-19/h3-14,20,32,34H,2,15-16,29H2,1H3/b17-8+,23-9+. The summed E-state index contributed by atoms with van der Waals surface area (Å²) < 4.78 is 0. The molecule has 0 bridgehead atoms. The highest BCUT2D eigenvalue weighted by molar-refractivity contribution is 5.97. The van der Waals surface area contributed by atoms with Crippen LogP contribution < -0.4 is 21.2 Å². The van der Waals surface area contributed by atoms with Crippen molar-refractivity contribution < 1.29 is 0 Å². The number of anilines is 1. The van der Waals surface area contributed by atoms with Gasteiger partial charge in [0.15, 0.2) is 0 Å². The fourth-order valence-corrected chi connectivity index (χ4v) is 4.49. The van der Waals surface area contributed by atoms with Gasteiger partial charge in [0.05, 0.1) is 29.1 Å². The minimum absolute atomic E-state index is 0.213. The van der Waals surface area contributed by atoms with Gasteiger partial charge in [-0.25, -0.2) is 4.98 Å². The molecule has 0 aliphatic carbocycles. The van der Waals surface area contributed by atoms with Crippen LogP contribution in [0.3, 0.4) is 0 Å². The van der Waals surface area contributed by atoms with Crippen LogP contribution in [0, 0.1) is 0 Å². The van der Waals surface area contributed by atoms with Crippen LogP contribution in [-0.2, 0) is 0 Å². The Bertz CT molecular complexity index is 1690. The fourth-order valence-electron chi connectivity index (χ4n) is 4.49. The highest BCUT2D eigenvalue weighted by Gasteiger charge is 2.24. The number of rotatable bonds is 5. The number of allylic oxidation sites excluding steroid dienone is 2. The third-order valence-electron chi connectivity index (χ3n) is 6.55. The van der Waals surface area contributed by atoms with Gasteiger partial charge in [-0.1, -0.05) is 30.9 Å². The highest BCUT2D eigenvalue weighted by atomic mass is 15.3. The van der Waals surface area contributed by atoms with Crippen molar-refractivity contribution in [3.63, 3.8) is 0 Å². The number of nitrogens with two attached hydrogens (primary N) is 1. The number of nitrogens with one attached hydrogen (secondary N) is 2. The first kappa shape index (κ1) is 21.9. The first-order valence-electron chi connectivity index (χ1n) is 11.8. The van der Waals surface area contributed by atoms with Gasteiger partial charge in [0.2, 0.25) is 0 Å². The van der Waals surface area contributed by atoms with E-state index in [4.69, 9.17) is 10.7 Å². The first-order valence-corrected chi connectivity index (χ1v) is 11.8. The molecule has 178 valence electrons. The largest absolute Gasteiger partial charge is 0.353 e. The molecule has 4 N–H and O–H groups in total. The summed E-state index contributed by atoms with van der Waals surface area (Å²) in [5, 5.41) is 10.5. The van der Waals surface area contributed by atoms with Crippen LogP contribution in [0.25, 0.3) is 51.6 Å². The van der Waals surface area contributed by atoms with Crippen molar-refractivity contribution in [3.05, 3.63) is 83.5 Å². The molecule has 0 radical (unpaired) electrons. The van der Waals surface area contributed by atoms with Gasteiger partial charge in [0.1, 0.15) is 11.5 Å². The van der Waals surface area contributed by atoms with Crippen molar-refractivity contribution in [2.75, 3.05) is 18.0 Å². The van der Waals surface area contributed by atoms with Gasteiger partial charge in [-0.15, -0.1) is 0 Å². The van der Waals surface area contributed by atoms with Crippen LogP contribution in [0.2, 0.25) is 0 Å². The molecule has 0 amide bonds. The lowest BCUT2D eigenvalue weighted by Crippen LogP contribution is -2.56. The molecule has 0 spiro atoms.